The summed E-state index contributed by atoms with van der Waals surface area (Å²) in [6, 6.07) is 14.8. The summed E-state index contributed by atoms with van der Waals surface area (Å²) >= 11 is 0. The SMILES string of the molecule is CCCNC(=O)[C@@H](CC)N(Cc1cccc(C)c1)C(=O)CCCN(c1ccc(CC)cc1)S(C)(=O)=O. The maximum absolute atomic E-state index is 13.4. The summed E-state index contributed by atoms with van der Waals surface area (Å²) in [6.45, 7) is 9.00. The lowest BCUT2D eigenvalue weighted by atomic mass is 10.1. The smallest absolute Gasteiger partial charge is 0.242 e. The Balaban J connectivity index is 2.19. The van der Waals surface area contributed by atoms with Gasteiger partial charge in [0.25, 0.3) is 0 Å². The van der Waals surface area contributed by atoms with Crippen molar-refractivity contribution < 1.29 is 18.0 Å². The van der Waals surface area contributed by atoms with Gasteiger partial charge in [-0.05, 0) is 55.9 Å². The minimum absolute atomic E-state index is 0.141. The quantitative estimate of drug-likeness (QED) is 0.403. The molecule has 0 bridgehead atoms. The molecule has 8 heteroatoms. The zero-order valence-corrected chi connectivity index (χ0v) is 23.1. The molecule has 0 radical (unpaired) electrons. The molecule has 198 valence electrons. The maximum atomic E-state index is 13.4. The van der Waals surface area contributed by atoms with Gasteiger partial charge in [0, 0.05) is 26.1 Å². The number of hydrogen-bond donors (Lipinski definition) is 1. The van der Waals surface area contributed by atoms with Crippen molar-refractivity contribution in [3.63, 3.8) is 0 Å². The molecule has 0 aliphatic rings. The molecule has 1 atom stereocenters. The monoisotopic (exact) mass is 515 g/mol. The Kier molecular flexibility index (Phi) is 11.4. The Morgan fingerprint density at radius 1 is 1.00 bits per heavy atom. The third-order valence-corrected chi connectivity index (χ3v) is 7.35. The van der Waals surface area contributed by atoms with Crippen LogP contribution in [-0.2, 0) is 32.6 Å². The second-order valence-electron chi connectivity index (χ2n) is 9.18. The lowest BCUT2D eigenvalue weighted by molar-refractivity contribution is -0.141. The van der Waals surface area contributed by atoms with Crippen molar-refractivity contribution in [3.05, 3.63) is 65.2 Å². The summed E-state index contributed by atoms with van der Waals surface area (Å²) in [5.74, 6) is -0.320. The molecule has 36 heavy (non-hydrogen) atoms. The van der Waals surface area contributed by atoms with E-state index in [2.05, 4.69) is 5.32 Å². The van der Waals surface area contributed by atoms with E-state index < -0.39 is 16.1 Å². The molecule has 2 amide bonds. The number of sulfonamides is 1. The van der Waals surface area contributed by atoms with Crippen molar-refractivity contribution in [2.75, 3.05) is 23.7 Å². The van der Waals surface area contributed by atoms with Gasteiger partial charge >= 0.3 is 0 Å². The second-order valence-corrected chi connectivity index (χ2v) is 11.1. The van der Waals surface area contributed by atoms with Crippen LogP contribution in [0.2, 0.25) is 0 Å². The molecule has 0 unspecified atom stereocenters. The Hall–Kier alpha value is -2.87. The summed E-state index contributed by atoms with van der Waals surface area (Å²) in [4.78, 5) is 28.0. The van der Waals surface area contributed by atoms with E-state index in [1.54, 1.807) is 17.0 Å². The van der Waals surface area contributed by atoms with Crippen LogP contribution < -0.4 is 9.62 Å². The Morgan fingerprint density at radius 3 is 2.25 bits per heavy atom. The molecule has 0 saturated heterocycles. The molecule has 7 nitrogen and oxygen atoms in total. The number of nitrogens with zero attached hydrogens (tertiary/aromatic N) is 2. The molecule has 2 rings (SSSR count). The first kappa shape index (κ1) is 29.4. The molecule has 1 N–H and O–H groups in total. The van der Waals surface area contributed by atoms with Crippen LogP contribution in [0.4, 0.5) is 5.69 Å². The molecule has 0 aromatic heterocycles. The Morgan fingerprint density at radius 2 is 1.69 bits per heavy atom. The van der Waals surface area contributed by atoms with Crippen LogP contribution in [0.15, 0.2) is 48.5 Å². The van der Waals surface area contributed by atoms with E-state index >= 15 is 0 Å². The minimum atomic E-state index is -3.51. The average Bonchev–Trinajstić information content (AvgIpc) is 2.84. The first-order valence-corrected chi connectivity index (χ1v) is 14.6. The number of anilines is 1. The van der Waals surface area contributed by atoms with Crippen molar-refractivity contribution >= 4 is 27.5 Å². The fraction of sp³-hybridized carbons (Fsp3) is 0.500. The highest BCUT2D eigenvalue weighted by Crippen LogP contribution is 2.21. The summed E-state index contributed by atoms with van der Waals surface area (Å²) in [5, 5.41) is 2.92. The van der Waals surface area contributed by atoms with Gasteiger partial charge in [-0.3, -0.25) is 13.9 Å². The number of hydrogen-bond acceptors (Lipinski definition) is 4. The van der Waals surface area contributed by atoms with E-state index in [0.29, 0.717) is 31.6 Å². The molecule has 2 aromatic carbocycles. The minimum Gasteiger partial charge on any atom is -0.354 e. The molecule has 0 heterocycles. The van der Waals surface area contributed by atoms with Crippen LogP contribution in [0.25, 0.3) is 0 Å². The number of carbonyl (C=O) groups excluding carboxylic acids is 2. The third kappa shape index (κ3) is 8.66. The average molecular weight is 516 g/mol. The van der Waals surface area contributed by atoms with E-state index in [1.807, 2.05) is 64.1 Å². The first-order valence-electron chi connectivity index (χ1n) is 12.8. The summed E-state index contributed by atoms with van der Waals surface area (Å²) in [6.07, 6.45) is 3.84. The zero-order valence-electron chi connectivity index (χ0n) is 22.3. The van der Waals surface area contributed by atoms with Crippen LogP contribution in [0.1, 0.15) is 63.1 Å². The largest absolute Gasteiger partial charge is 0.354 e. The number of carbonyl (C=O) groups is 2. The van der Waals surface area contributed by atoms with Crippen molar-refractivity contribution in [3.8, 4) is 0 Å². The van der Waals surface area contributed by atoms with E-state index in [4.69, 9.17) is 0 Å². The van der Waals surface area contributed by atoms with Crippen molar-refractivity contribution in [2.45, 2.75) is 72.4 Å². The highest BCUT2D eigenvalue weighted by molar-refractivity contribution is 7.92. The zero-order chi connectivity index (χ0) is 26.7. The van der Waals surface area contributed by atoms with E-state index in [9.17, 15) is 18.0 Å². The van der Waals surface area contributed by atoms with Gasteiger partial charge in [0.2, 0.25) is 21.8 Å². The molecule has 0 fully saturated rings. The molecular weight excluding hydrogens is 474 g/mol. The molecular formula is C28H41N3O4S. The number of rotatable bonds is 14. The molecule has 0 spiro atoms. The lowest BCUT2D eigenvalue weighted by Gasteiger charge is -2.31. The fourth-order valence-electron chi connectivity index (χ4n) is 4.19. The van der Waals surface area contributed by atoms with Crippen molar-refractivity contribution in [2.24, 2.45) is 0 Å². The van der Waals surface area contributed by atoms with Gasteiger partial charge in [-0.2, -0.15) is 0 Å². The maximum Gasteiger partial charge on any atom is 0.242 e. The topological polar surface area (TPSA) is 86.8 Å². The van der Waals surface area contributed by atoms with Crippen LogP contribution in [0, 0.1) is 6.92 Å². The third-order valence-electron chi connectivity index (χ3n) is 6.16. The fourth-order valence-corrected chi connectivity index (χ4v) is 5.16. The van der Waals surface area contributed by atoms with Crippen molar-refractivity contribution in [1.82, 2.24) is 10.2 Å². The van der Waals surface area contributed by atoms with E-state index in [1.165, 1.54) is 10.6 Å². The normalized spacial score (nSPS) is 12.1. The summed E-state index contributed by atoms with van der Waals surface area (Å²) in [7, 11) is -3.51. The standard InChI is InChI=1S/C28H41N3O4S/c1-6-18-29-28(33)26(8-3)30(21-24-12-9-11-22(4)20-24)27(32)13-10-19-31(36(5,34)35)25-16-14-23(7-2)15-17-25/h9,11-12,14-17,20,26H,6-8,10,13,18-19,21H2,1-5H3,(H,29,33)/t26-/m1/s1. The van der Waals surface area contributed by atoms with Gasteiger partial charge in [0.05, 0.1) is 11.9 Å². The first-order chi connectivity index (χ1) is 17.1. The van der Waals surface area contributed by atoms with Gasteiger partial charge in [-0.1, -0.05) is 62.7 Å². The number of amides is 2. The van der Waals surface area contributed by atoms with Gasteiger partial charge in [0.15, 0.2) is 0 Å². The summed E-state index contributed by atoms with van der Waals surface area (Å²) in [5.41, 5.74) is 3.76. The van der Waals surface area contributed by atoms with Crippen LogP contribution >= 0.6 is 0 Å². The predicted molar refractivity (Wildman–Crippen MR) is 146 cm³/mol. The van der Waals surface area contributed by atoms with Crippen molar-refractivity contribution in [1.29, 1.82) is 0 Å². The van der Waals surface area contributed by atoms with E-state index in [0.717, 1.165) is 29.5 Å². The lowest BCUT2D eigenvalue weighted by Crippen LogP contribution is -2.49. The number of nitrogens with one attached hydrogen (secondary N) is 1. The number of aryl methyl sites for hydroxylation is 2. The van der Waals surface area contributed by atoms with Crippen LogP contribution in [0.5, 0.6) is 0 Å². The predicted octanol–water partition coefficient (Wildman–Crippen LogP) is 4.44. The van der Waals surface area contributed by atoms with Gasteiger partial charge in [-0.25, -0.2) is 8.42 Å². The second kappa shape index (κ2) is 14.0. The number of benzene rings is 2. The molecule has 0 aliphatic carbocycles. The molecule has 0 saturated carbocycles. The van der Waals surface area contributed by atoms with Gasteiger partial charge in [-0.15, -0.1) is 0 Å². The Bertz CT molecular complexity index is 1100. The van der Waals surface area contributed by atoms with Gasteiger partial charge < -0.3 is 10.2 Å². The highest BCUT2D eigenvalue weighted by Gasteiger charge is 2.28. The molecule has 2 aromatic rings. The Labute approximate surface area is 216 Å². The van der Waals surface area contributed by atoms with Gasteiger partial charge in [0.1, 0.15) is 6.04 Å². The highest BCUT2D eigenvalue weighted by atomic mass is 32.2. The van der Waals surface area contributed by atoms with Crippen LogP contribution in [-0.4, -0.2) is 50.5 Å². The molecule has 0 aliphatic heterocycles. The van der Waals surface area contributed by atoms with E-state index in [-0.39, 0.29) is 24.8 Å². The van der Waals surface area contributed by atoms with Crippen LogP contribution in [0.3, 0.4) is 0 Å². The summed E-state index contributed by atoms with van der Waals surface area (Å²) < 4.78 is 26.3.